The van der Waals surface area contributed by atoms with Gasteiger partial charge in [-0.05, 0) is 67.6 Å². The van der Waals surface area contributed by atoms with Crippen LogP contribution in [0.25, 0.3) is 0 Å². The first-order chi connectivity index (χ1) is 13.0. The van der Waals surface area contributed by atoms with Crippen LogP contribution in [0.15, 0.2) is 42.5 Å². The summed E-state index contributed by atoms with van der Waals surface area (Å²) in [7, 11) is 1.60. The third kappa shape index (κ3) is 5.16. The summed E-state index contributed by atoms with van der Waals surface area (Å²) < 4.78 is 5.30. The average molecular weight is 367 g/mol. The summed E-state index contributed by atoms with van der Waals surface area (Å²) in [6.45, 7) is 6.75. The molecule has 1 fully saturated rings. The molecule has 0 aliphatic carbocycles. The Hall–Kier alpha value is -2.69. The molecule has 1 aliphatic heterocycles. The van der Waals surface area contributed by atoms with E-state index in [2.05, 4.69) is 34.6 Å². The van der Waals surface area contributed by atoms with Crippen LogP contribution in [0.3, 0.4) is 0 Å². The van der Waals surface area contributed by atoms with Gasteiger partial charge in [-0.25, -0.2) is 0 Å². The third-order valence-corrected chi connectivity index (χ3v) is 5.10. The van der Waals surface area contributed by atoms with E-state index in [4.69, 9.17) is 4.74 Å². The van der Waals surface area contributed by atoms with Gasteiger partial charge in [-0.1, -0.05) is 13.0 Å². The van der Waals surface area contributed by atoms with Gasteiger partial charge in [-0.15, -0.1) is 0 Å². The lowest BCUT2D eigenvalue weighted by atomic mass is 9.99. The standard InChI is InChI=1S/C22H29N3O2/c1-16-10-12-25(13-11-16)19-7-5-18(6-8-19)23-15-22(26)24-20-14-17(2)4-9-21(20)27-3/h4-9,14,16,23H,10-13,15H2,1-3H3,(H,24,26). The molecule has 0 unspecified atom stereocenters. The molecule has 0 aromatic heterocycles. The third-order valence-electron chi connectivity index (χ3n) is 5.10. The molecule has 0 bridgehead atoms. The predicted molar refractivity (Wildman–Crippen MR) is 112 cm³/mol. The van der Waals surface area contributed by atoms with E-state index < -0.39 is 0 Å². The Kier molecular flexibility index (Phi) is 6.22. The molecule has 2 aromatic carbocycles. The second kappa shape index (κ2) is 8.80. The van der Waals surface area contributed by atoms with Crippen molar-refractivity contribution in [2.24, 2.45) is 5.92 Å². The number of aryl methyl sites for hydroxylation is 1. The maximum absolute atomic E-state index is 12.3. The van der Waals surface area contributed by atoms with E-state index >= 15 is 0 Å². The van der Waals surface area contributed by atoms with E-state index in [0.29, 0.717) is 11.4 Å². The van der Waals surface area contributed by atoms with Crippen molar-refractivity contribution in [2.45, 2.75) is 26.7 Å². The van der Waals surface area contributed by atoms with Gasteiger partial charge >= 0.3 is 0 Å². The van der Waals surface area contributed by atoms with Gasteiger partial charge in [0.1, 0.15) is 5.75 Å². The Morgan fingerprint density at radius 2 is 1.85 bits per heavy atom. The van der Waals surface area contributed by atoms with Gasteiger partial charge in [-0.2, -0.15) is 0 Å². The Morgan fingerprint density at radius 1 is 1.15 bits per heavy atom. The van der Waals surface area contributed by atoms with Crippen LogP contribution in [0.2, 0.25) is 0 Å². The van der Waals surface area contributed by atoms with Crippen LogP contribution in [0, 0.1) is 12.8 Å². The van der Waals surface area contributed by atoms with Crippen LogP contribution in [0.5, 0.6) is 5.75 Å². The maximum Gasteiger partial charge on any atom is 0.243 e. The second-order valence-corrected chi connectivity index (χ2v) is 7.32. The predicted octanol–water partition coefficient (Wildman–Crippen LogP) is 4.29. The number of carbonyl (C=O) groups is 1. The van der Waals surface area contributed by atoms with Crippen molar-refractivity contribution in [3.8, 4) is 5.75 Å². The Bertz CT molecular complexity index is 766. The first kappa shape index (κ1) is 19.1. The molecule has 1 saturated heterocycles. The normalized spacial score (nSPS) is 14.7. The molecule has 0 saturated carbocycles. The van der Waals surface area contributed by atoms with Crippen molar-refractivity contribution in [3.63, 3.8) is 0 Å². The van der Waals surface area contributed by atoms with Crippen molar-refractivity contribution < 1.29 is 9.53 Å². The molecule has 2 aromatic rings. The number of piperidine rings is 1. The lowest BCUT2D eigenvalue weighted by molar-refractivity contribution is -0.114. The van der Waals surface area contributed by atoms with Gasteiger partial charge in [0, 0.05) is 24.5 Å². The number of amides is 1. The minimum Gasteiger partial charge on any atom is -0.495 e. The summed E-state index contributed by atoms with van der Waals surface area (Å²) in [6, 6.07) is 14.0. The van der Waals surface area contributed by atoms with E-state index in [1.54, 1.807) is 7.11 Å². The number of benzene rings is 2. The zero-order valence-electron chi connectivity index (χ0n) is 16.4. The lowest BCUT2D eigenvalue weighted by Crippen LogP contribution is -2.32. The molecule has 1 heterocycles. The van der Waals surface area contributed by atoms with Crippen LogP contribution in [-0.4, -0.2) is 32.7 Å². The molecular formula is C22H29N3O2. The van der Waals surface area contributed by atoms with Crippen molar-refractivity contribution in [3.05, 3.63) is 48.0 Å². The number of nitrogens with zero attached hydrogens (tertiary/aromatic N) is 1. The molecule has 1 aliphatic rings. The van der Waals surface area contributed by atoms with Crippen LogP contribution < -0.4 is 20.3 Å². The number of ether oxygens (including phenoxy) is 1. The zero-order chi connectivity index (χ0) is 19.2. The second-order valence-electron chi connectivity index (χ2n) is 7.32. The van der Waals surface area contributed by atoms with Crippen LogP contribution in [-0.2, 0) is 4.79 Å². The first-order valence-electron chi connectivity index (χ1n) is 9.58. The van der Waals surface area contributed by atoms with Crippen molar-refractivity contribution in [1.82, 2.24) is 0 Å². The van der Waals surface area contributed by atoms with Crippen molar-refractivity contribution in [2.75, 3.05) is 42.3 Å². The summed E-state index contributed by atoms with van der Waals surface area (Å²) in [5, 5.41) is 6.09. The molecule has 3 rings (SSSR count). The topological polar surface area (TPSA) is 53.6 Å². The molecule has 1 amide bonds. The minimum absolute atomic E-state index is 0.104. The Morgan fingerprint density at radius 3 is 2.52 bits per heavy atom. The SMILES string of the molecule is COc1ccc(C)cc1NC(=O)CNc1ccc(N2CCC(C)CC2)cc1. The summed E-state index contributed by atoms with van der Waals surface area (Å²) in [6.07, 6.45) is 2.51. The summed E-state index contributed by atoms with van der Waals surface area (Å²) in [5.41, 5.74) is 3.96. The van der Waals surface area contributed by atoms with E-state index in [1.807, 2.05) is 37.3 Å². The van der Waals surface area contributed by atoms with Gasteiger partial charge in [0.15, 0.2) is 0 Å². The first-order valence-corrected chi connectivity index (χ1v) is 9.58. The van der Waals surface area contributed by atoms with Gasteiger partial charge in [0.25, 0.3) is 0 Å². The van der Waals surface area contributed by atoms with Gasteiger partial charge in [0.05, 0.1) is 19.3 Å². The Labute approximate surface area is 161 Å². The monoisotopic (exact) mass is 367 g/mol. The Balaban J connectivity index is 1.52. The zero-order valence-corrected chi connectivity index (χ0v) is 16.4. The summed E-state index contributed by atoms with van der Waals surface area (Å²) in [5.74, 6) is 1.38. The highest BCUT2D eigenvalue weighted by Gasteiger charge is 2.15. The quantitative estimate of drug-likeness (QED) is 0.800. The van der Waals surface area contributed by atoms with Crippen molar-refractivity contribution in [1.29, 1.82) is 0 Å². The highest BCUT2D eigenvalue weighted by Crippen LogP contribution is 2.26. The van der Waals surface area contributed by atoms with E-state index in [-0.39, 0.29) is 12.5 Å². The van der Waals surface area contributed by atoms with E-state index in [0.717, 1.165) is 30.3 Å². The summed E-state index contributed by atoms with van der Waals surface area (Å²) in [4.78, 5) is 14.7. The molecule has 0 radical (unpaired) electrons. The van der Waals surface area contributed by atoms with E-state index in [9.17, 15) is 4.79 Å². The van der Waals surface area contributed by atoms with Gasteiger partial charge in [-0.3, -0.25) is 4.79 Å². The smallest absolute Gasteiger partial charge is 0.243 e. The average Bonchev–Trinajstić information content (AvgIpc) is 2.68. The number of anilines is 3. The maximum atomic E-state index is 12.3. The number of rotatable bonds is 6. The molecule has 5 nitrogen and oxygen atoms in total. The fourth-order valence-corrected chi connectivity index (χ4v) is 3.35. The van der Waals surface area contributed by atoms with Gasteiger partial charge in [0.2, 0.25) is 5.91 Å². The molecule has 0 atom stereocenters. The van der Waals surface area contributed by atoms with Crippen LogP contribution in [0.4, 0.5) is 17.1 Å². The van der Waals surface area contributed by atoms with Crippen LogP contribution >= 0.6 is 0 Å². The minimum atomic E-state index is -0.104. The largest absolute Gasteiger partial charge is 0.495 e. The van der Waals surface area contributed by atoms with Crippen LogP contribution in [0.1, 0.15) is 25.3 Å². The highest BCUT2D eigenvalue weighted by atomic mass is 16.5. The molecule has 0 spiro atoms. The molecule has 5 heteroatoms. The lowest BCUT2D eigenvalue weighted by Gasteiger charge is -2.32. The van der Waals surface area contributed by atoms with Crippen molar-refractivity contribution >= 4 is 23.0 Å². The number of carbonyl (C=O) groups excluding carboxylic acids is 1. The fraction of sp³-hybridized carbons (Fsp3) is 0.409. The fourth-order valence-electron chi connectivity index (χ4n) is 3.35. The van der Waals surface area contributed by atoms with E-state index in [1.165, 1.54) is 18.5 Å². The molecule has 27 heavy (non-hydrogen) atoms. The highest BCUT2D eigenvalue weighted by molar-refractivity contribution is 5.95. The number of methoxy groups -OCH3 is 1. The number of hydrogen-bond donors (Lipinski definition) is 2. The number of nitrogens with one attached hydrogen (secondary N) is 2. The molecule has 2 N–H and O–H groups in total. The summed E-state index contributed by atoms with van der Waals surface area (Å²) >= 11 is 0. The number of hydrogen-bond acceptors (Lipinski definition) is 4. The molecule has 144 valence electrons. The van der Waals surface area contributed by atoms with Gasteiger partial charge < -0.3 is 20.3 Å². The molecular weight excluding hydrogens is 338 g/mol.